The van der Waals surface area contributed by atoms with Crippen molar-refractivity contribution >= 4 is 27.2 Å². The minimum absolute atomic E-state index is 0.0740. The minimum Gasteiger partial charge on any atom is -0.356 e. The molecule has 4 aromatic rings. The lowest BCUT2D eigenvalue weighted by molar-refractivity contribution is 0.581. The maximum Gasteiger partial charge on any atom is 0.274 e. The van der Waals surface area contributed by atoms with E-state index in [0.29, 0.717) is 24.9 Å². The van der Waals surface area contributed by atoms with Gasteiger partial charge in [0.2, 0.25) is 5.13 Å². The number of fused-ring (bicyclic) bond motifs is 1. The van der Waals surface area contributed by atoms with Crippen molar-refractivity contribution in [3.8, 4) is 0 Å². The summed E-state index contributed by atoms with van der Waals surface area (Å²) < 4.78 is 1.49. The standard InChI is InChI=1S/C19H17N5OS/c25-18-16-9-5-4-8-15(16)13-21-24(18)11-10-17-22-23-19(26-17)20-12-14-6-2-1-3-7-14/h1-9,13H,10-12H2,(H,20,23). The molecule has 0 bridgehead atoms. The Balaban J connectivity index is 1.40. The normalized spacial score (nSPS) is 10.9. The van der Waals surface area contributed by atoms with Crippen LogP contribution in [-0.2, 0) is 19.5 Å². The lowest BCUT2D eigenvalue weighted by atomic mass is 10.2. The molecule has 0 saturated carbocycles. The van der Waals surface area contributed by atoms with Crippen LogP contribution < -0.4 is 10.9 Å². The Bertz CT molecular complexity index is 1070. The highest BCUT2D eigenvalue weighted by Crippen LogP contribution is 2.17. The highest BCUT2D eigenvalue weighted by molar-refractivity contribution is 7.15. The molecule has 0 spiro atoms. The Hall–Kier alpha value is -3.06. The van der Waals surface area contributed by atoms with Crippen LogP contribution in [0.3, 0.4) is 0 Å². The summed E-state index contributed by atoms with van der Waals surface area (Å²) in [5, 5.41) is 19.1. The van der Waals surface area contributed by atoms with Gasteiger partial charge in [0.1, 0.15) is 5.01 Å². The van der Waals surface area contributed by atoms with E-state index in [1.165, 1.54) is 21.6 Å². The monoisotopic (exact) mass is 363 g/mol. The van der Waals surface area contributed by atoms with E-state index in [2.05, 4.69) is 32.7 Å². The fraction of sp³-hybridized carbons (Fsp3) is 0.158. The second-order valence-corrected chi connectivity index (χ2v) is 6.91. The van der Waals surface area contributed by atoms with Crippen LogP contribution in [0, 0.1) is 0 Å². The third kappa shape index (κ3) is 3.62. The first-order valence-electron chi connectivity index (χ1n) is 8.34. The SMILES string of the molecule is O=c1c2ccccc2cnn1CCc1nnc(NCc2ccccc2)s1. The zero-order chi connectivity index (χ0) is 17.8. The fourth-order valence-corrected chi connectivity index (χ4v) is 3.41. The summed E-state index contributed by atoms with van der Waals surface area (Å²) in [7, 11) is 0. The Morgan fingerprint density at radius 2 is 1.81 bits per heavy atom. The maximum atomic E-state index is 12.5. The molecule has 0 atom stereocenters. The molecule has 2 aromatic carbocycles. The van der Waals surface area contributed by atoms with Gasteiger partial charge < -0.3 is 5.32 Å². The number of rotatable bonds is 6. The predicted octanol–water partition coefficient (Wildman–Crippen LogP) is 3.10. The Kier molecular flexibility index (Phi) is 4.70. The number of nitrogens with zero attached hydrogens (tertiary/aromatic N) is 4. The fourth-order valence-electron chi connectivity index (χ4n) is 2.69. The molecule has 0 radical (unpaired) electrons. The molecular weight excluding hydrogens is 346 g/mol. The number of aromatic nitrogens is 4. The van der Waals surface area contributed by atoms with E-state index < -0.39 is 0 Å². The van der Waals surface area contributed by atoms with Crippen molar-refractivity contribution in [2.45, 2.75) is 19.5 Å². The summed E-state index contributed by atoms with van der Waals surface area (Å²) >= 11 is 1.50. The number of hydrogen-bond donors (Lipinski definition) is 1. The van der Waals surface area contributed by atoms with Gasteiger partial charge in [-0.05, 0) is 11.6 Å². The lowest BCUT2D eigenvalue weighted by Crippen LogP contribution is -2.23. The van der Waals surface area contributed by atoms with Crippen molar-refractivity contribution in [1.82, 2.24) is 20.0 Å². The van der Waals surface area contributed by atoms with Gasteiger partial charge in [-0.3, -0.25) is 4.79 Å². The number of anilines is 1. The molecule has 2 aromatic heterocycles. The van der Waals surface area contributed by atoms with E-state index in [9.17, 15) is 4.79 Å². The topological polar surface area (TPSA) is 72.7 Å². The first kappa shape index (κ1) is 16.4. The average Bonchev–Trinajstić information content (AvgIpc) is 3.15. The van der Waals surface area contributed by atoms with Crippen LogP contribution >= 0.6 is 11.3 Å². The molecule has 7 heteroatoms. The Morgan fingerprint density at radius 1 is 1.00 bits per heavy atom. The van der Waals surface area contributed by atoms with Crippen LogP contribution in [0.2, 0.25) is 0 Å². The summed E-state index contributed by atoms with van der Waals surface area (Å²) in [4.78, 5) is 12.5. The Labute approximate surface area is 154 Å². The van der Waals surface area contributed by atoms with E-state index in [4.69, 9.17) is 0 Å². The van der Waals surface area contributed by atoms with Crippen LogP contribution in [0.1, 0.15) is 10.6 Å². The highest BCUT2D eigenvalue weighted by atomic mass is 32.1. The van der Waals surface area contributed by atoms with Crippen molar-refractivity contribution in [3.05, 3.63) is 81.7 Å². The number of nitrogens with one attached hydrogen (secondary N) is 1. The van der Waals surface area contributed by atoms with Gasteiger partial charge in [-0.2, -0.15) is 5.10 Å². The van der Waals surface area contributed by atoms with Gasteiger partial charge in [0, 0.05) is 18.4 Å². The zero-order valence-electron chi connectivity index (χ0n) is 14.0. The van der Waals surface area contributed by atoms with Crippen LogP contribution in [0.4, 0.5) is 5.13 Å². The molecule has 4 rings (SSSR count). The van der Waals surface area contributed by atoms with Crippen molar-refractivity contribution in [1.29, 1.82) is 0 Å². The second kappa shape index (κ2) is 7.45. The van der Waals surface area contributed by atoms with Gasteiger partial charge in [0.15, 0.2) is 0 Å². The molecule has 0 aliphatic rings. The zero-order valence-corrected chi connectivity index (χ0v) is 14.8. The Morgan fingerprint density at radius 3 is 2.69 bits per heavy atom. The lowest BCUT2D eigenvalue weighted by Gasteiger charge is -2.04. The molecule has 1 N–H and O–H groups in total. The van der Waals surface area contributed by atoms with Crippen LogP contribution in [0.15, 0.2) is 65.6 Å². The molecule has 26 heavy (non-hydrogen) atoms. The number of benzene rings is 2. The van der Waals surface area contributed by atoms with Gasteiger partial charge in [0.25, 0.3) is 5.56 Å². The van der Waals surface area contributed by atoms with E-state index in [0.717, 1.165) is 15.5 Å². The summed E-state index contributed by atoms with van der Waals surface area (Å²) in [6.45, 7) is 1.19. The van der Waals surface area contributed by atoms with Gasteiger partial charge in [-0.1, -0.05) is 59.9 Å². The molecule has 0 aliphatic heterocycles. The van der Waals surface area contributed by atoms with Crippen molar-refractivity contribution < 1.29 is 0 Å². The molecule has 0 saturated heterocycles. The van der Waals surface area contributed by atoms with E-state index >= 15 is 0 Å². The van der Waals surface area contributed by atoms with E-state index in [1.54, 1.807) is 6.20 Å². The smallest absolute Gasteiger partial charge is 0.274 e. The third-order valence-electron chi connectivity index (χ3n) is 4.05. The van der Waals surface area contributed by atoms with Crippen LogP contribution in [0.25, 0.3) is 10.8 Å². The summed E-state index contributed by atoms with van der Waals surface area (Å²) in [6.07, 6.45) is 2.35. The van der Waals surface area contributed by atoms with Crippen molar-refractivity contribution in [3.63, 3.8) is 0 Å². The summed E-state index contributed by atoms with van der Waals surface area (Å²) in [5.74, 6) is 0. The molecule has 0 amide bonds. The van der Waals surface area contributed by atoms with E-state index in [-0.39, 0.29) is 5.56 Å². The molecule has 0 fully saturated rings. The molecule has 6 nitrogen and oxygen atoms in total. The van der Waals surface area contributed by atoms with Gasteiger partial charge in [-0.25, -0.2) is 4.68 Å². The predicted molar refractivity (Wildman–Crippen MR) is 103 cm³/mol. The van der Waals surface area contributed by atoms with Crippen molar-refractivity contribution in [2.24, 2.45) is 0 Å². The molecule has 0 aliphatic carbocycles. The first-order valence-corrected chi connectivity index (χ1v) is 9.16. The number of aryl methyl sites for hydroxylation is 2. The van der Waals surface area contributed by atoms with Crippen LogP contribution in [-0.4, -0.2) is 20.0 Å². The second-order valence-electron chi connectivity index (χ2n) is 5.85. The molecule has 2 heterocycles. The molecular formula is C19H17N5OS. The number of hydrogen-bond acceptors (Lipinski definition) is 6. The van der Waals surface area contributed by atoms with Gasteiger partial charge in [-0.15, -0.1) is 10.2 Å². The van der Waals surface area contributed by atoms with Gasteiger partial charge in [0.05, 0.1) is 18.1 Å². The largest absolute Gasteiger partial charge is 0.356 e. The molecule has 130 valence electrons. The first-order chi connectivity index (χ1) is 12.8. The third-order valence-corrected chi connectivity index (χ3v) is 4.99. The quantitative estimate of drug-likeness (QED) is 0.570. The molecule has 0 unspecified atom stereocenters. The average molecular weight is 363 g/mol. The maximum absolute atomic E-state index is 12.5. The van der Waals surface area contributed by atoms with Gasteiger partial charge >= 0.3 is 0 Å². The summed E-state index contributed by atoms with van der Waals surface area (Å²) in [5.41, 5.74) is 1.12. The van der Waals surface area contributed by atoms with E-state index in [1.807, 2.05) is 42.5 Å². The highest BCUT2D eigenvalue weighted by Gasteiger charge is 2.07. The summed E-state index contributed by atoms with van der Waals surface area (Å²) in [6, 6.07) is 17.6. The van der Waals surface area contributed by atoms with Crippen LogP contribution in [0.5, 0.6) is 0 Å². The minimum atomic E-state index is -0.0740. The van der Waals surface area contributed by atoms with Crippen molar-refractivity contribution in [2.75, 3.05) is 5.32 Å².